The van der Waals surface area contributed by atoms with Gasteiger partial charge in [-0.15, -0.1) is 0 Å². The first-order chi connectivity index (χ1) is 11.2. The van der Waals surface area contributed by atoms with Crippen LogP contribution in [0.1, 0.15) is 21.7 Å². The molecular formula is C17H25ClN2O3Si. The third-order valence-electron chi connectivity index (χ3n) is 4.18. The number of pyridine rings is 1. The van der Waals surface area contributed by atoms with E-state index in [9.17, 15) is 4.79 Å². The van der Waals surface area contributed by atoms with Gasteiger partial charge in [0.2, 0.25) is 0 Å². The van der Waals surface area contributed by atoms with Crippen molar-refractivity contribution in [3.63, 3.8) is 0 Å². The normalized spacial score (nSPS) is 12.0. The number of halogens is 1. The predicted octanol–water partition coefficient (Wildman–Crippen LogP) is 4.41. The number of carbonyl (C=O) groups excluding carboxylic acids is 1. The molecule has 0 atom stereocenters. The summed E-state index contributed by atoms with van der Waals surface area (Å²) in [7, 11) is 0.214. The zero-order valence-electron chi connectivity index (χ0n) is 15.2. The lowest BCUT2D eigenvalue weighted by atomic mass is 10.1. The topological polar surface area (TPSA) is 53.4 Å². The Balaban J connectivity index is 2.34. The third-order valence-corrected chi connectivity index (χ3v) is 6.15. The molecule has 2 aromatic rings. The third kappa shape index (κ3) is 3.99. The number of esters is 1. The number of ether oxygens (including phenoxy) is 2. The van der Waals surface area contributed by atoms with Crippen LogP contribution in [0.3, 0.4) is 0 Å². The van der Waals surface area contributed by atoms with Gasteiger partial charge in [0, 0.05) is 25.8 Å². The number of hydrogen-bond donors (Lipinski definition) is 0. The molecule has 24 heavy (non-hydrogen) atoms. The molecule has 0 N–H and O–H groups in total. The van der Waals surface area contributed by atoms with Gasteiger partial charge in [0.25, 0.3) is 0 Å². The highest BCUT2D eigenvalue weighted by atomic mass is 35.5. The van der Waals surface area contributed by atoms with Gasteiger partial charge in [0.1, 0.15) is 6.73 Å². The molecule has 2 heterocycles. The first-order valence-corrected chi connectivity index (χ1v) is 12.1. The SMILES string of the molecule is COC(=O)c1cc2c(C)c(C)n(COCC[Si](C)(C)C)c2c(Cl)n1. The smallest absolute Gasteiger partial charge is 0.356 e. The maximum atomic E-state index is 11.7. The molecule has 0 spiro atoms. The monoisotopic (exact) mass is 368 g/mol. The van der Waals surface area contributed by atoms with Crippen molar-refractivity contribution < 1.29 is 14.3 Å². The largest absolute Gasteiger partial charge is 0.464 e. The molecule has 0 aliphatic rings. The van der Waals surface area contributed by atoms with Gasteiger partial charge in [-0.25, -0.2) is 9.78 Å². The van der Waals surface area contributed by atoms with E-state index in [1.807, 2.05) is 18.4 Å². The van der Waals surface area contributed by atoms with Crippen LogP contribution < -0.4 is 0 Å². The molecule has 0 bridgehead atoms. The summed E-state index contributed by atoms with van der Waals surface area (Å²) in [6.07, 6.45) is 0. The van der Waals surface area contributed by atoms with Crippen molar-refractivity contribution in [2.24, 2.45) is 0 Å². The quantitative estimate of drug-likeness (QED) is 0.328. The molecule has 132 valence electrons. The Hall–Kier alpha value is -1.37. The van der Waals surface area contributed by atoms with Crippen molar-refractivity contribution in [2.45, 2.75) is 46.3 Å². The van der Waals surface area contributed by atoms with Crippen molar-refractivity contribution in [2.75, 3.05) is 13.7 Å². The standard InChI is InChI=1S/C17H25ClN2O3Si/c1-11-12(2)20(10-23-7-8-24(4,5)6)15-13(11)9-14(17(21)22-3)19-16(15)18/h9H,7-8,10H2,1-6H3. The van der Waals surface area contributed by atoms with E-state index in [4.69, 9.17) is 21.1 Å². The van der Waals surface area contributed by atoms with Crippen molar-refractivity contribution >= 4 is 36.5 Å². The van der Waals surface area contributed by atoms with Crippen LogP contribution in [0, 0.1) is 13.8 Å². The Morgan fingerprint density at radius 2 is 2.00 bits per heavy atom. The minimum atomic E-state index is -1.12. The first kappa shape index (κ1) is 19.0. The summed E-state index contributed by atoms with van der Waals surface area (Å²) in [5, 5.41) is 1.19. The second-order valence-electron chi connectivity index (χ2n) is 7.17. The summed E-state index contributed by atoms with van der Waals surface area (Å²) >= 11 is 6.35. The molecule has 0 saturated carbocycles. The molecule has 5 nitrogen and oxygen atoms in total. The van der Waals surface area contributed by atoms with Gasteiger partial charge < -0.3 is 14.0 Å². The highest BCUT2D eigenvalue weighted by Gasteiger charge is 2.19. The van der Waals surface area contributed by atoms with Crippen LogP contribution in [0.2, 0.25) is 30.8 Å². The van der Waals surface area contributed by atoms with E-state index in [1.165, 1.54) is 7.11 Å². The summed E-state index contributed by atoms with van der Waals surface area (Å²) in [4.78, 5) is 15.9. The summed E-state index contributed by atoms with van der Waals surface area (Å²) in [6.45, 7) is 12.2. The molecule has 0 unspecified atom stereocenters. The number of nitrogens with zero attached hydrogens (tertiary/aromatic N) is 2. The summed E-state index contributed by atoms with van der Waals surface area (Å²) in [6, 6.07) is 2.84. The minimum Gasteiger partial charge on any atom is -0.464 e. The summed E-state index contributed by atoms with van der Waals surface area (Å²) in [5.74, 6) is -0.491. The molecule has 2 aromatic heterocycles. The number of rotatable bonds is 6. The molecule has 0 amide bonds. The van der Waals surface area contributed by atoms with Crippen LogP contribution in [0.5, 0.6) is 0 Å². The van der Waals surface area contributed by atoms with E-state index in [0.717, 1.165) is 34.8 Å². The van der Waals surface area contributed by atoms with Gasteiger partial charge in [-0.1, -0.05) is 31.2 Å². The van der Waals surface area contributed by atoms with Crippen LogP contribution >= 0.6 is 11.6 Å². The first-order valence-electron chi connectivity index (χ1n) is 7.97. The lowest BCUT2D eigenvalue weighted by Crippen LogP contribution is -2.22. The maximum Gasteiger partial charge on any atom is 0.356 e. The Labute approximate surface area is 148 Å². The van der Waals surface area contributed by atoms with Crippen molar-refractivity contribution in [3.8, 4) is 0 Å². The summed E-state index contributed by atoms with van der Waals surface area (Å²) < 4.78 is 12.6. The fraction of sp³-hybridized carbons (Fsp3) is 0.529. The number of carbonyl (C=O) groups is 1. The van der Waals surface area contributed by atoms with E-state index in [2.05, 4.69) is 24.6 Å². The van der Waals surface area contributed by atoms with Crippen molar-refractivity contribution in [1.29, 1.82) is 0 Å². The minimum absolute atomic E-state index is 0.218. The van der Waals surface area contributed by atoms with E-state index < -0.39 is 14.0 Å². The predicted molar refractivity (Wildman–Crippen MR) is 99.7 cm³/mol. The number of fused-ring (bicyclic) bond motifs is 1. The molecule has 7 heteroatoms. The molecule has 0 radical (unpaired) electrons. The van der Waals surface area contributed by atoms with Crippen LogP contribution in [0.15, 0.2) is 6.07 Å². The van der Waals surface area contributed by atoms with E-state index in [1.54, 1.807) is 6.07 Å². The van der Waals surface area contributed by atoms with Crippen molar-refractivity contribution in [1.82, 2.24) is 9.55 Å². The van der Waals surface area contributed by atoms with Gasteiger partial charge in [-0.3, -0.25) is 0 Å². The van der Waals surface area contributed by atoms with Crippen LogP contribution in [-0.4, -0.2) is 37.3 Å². The van der Waals surface area contributed by atoms with Crippen molar-refractivity contribution in [3.05, 3.63) is 28.2 Å². The lowest BCUT2D eigenvalue weighted by Gasteiger charge is -2.16. The molecule has 0 aliphatic carbocycles. The Morgan fingerprint density at radius 1 is 1.33 bits per heavy atom. The van der Waals surface area contributed by atoms with E-state index >= 15 is 0 Å². The fourth-order valence-electron chi connectivity index (χ4n) is 2.52. The van der Waals surface area contributed by atoms with Crippen LogP contribution in [0.4, 0.5) is 0 Å². The second-order valence-corrected chi connectivity index (χ2v) is 13.2. The zero-order valence-corrected chi connectivity index (χ0v) is 17.0. The van der Waals surface area contributed by atoms with Gasteiger partial charge >= 0.3 is 5.97 Å². The van der Waals surface area contributed by atoms with Gasteiger partial charge in [0.05, 0.1) is 12.6 Å². The highest BCUT2D eigenvalue weighted by Crippen LogP contribution is 2.30. The number of hydrogen-bond acceptors (Lipinski definition) is 4. The fourth-order valence-corrected chi connectivity index (χ4v) is 3.57. The Bertz CT molecular complexity index is 766. The number of aromatic nitrogens is 2. The number of aryl methyl sites for hydroxylation is 1. The summed E-state index contributed by atoms with van der Waals surface area (Å²) in [5.41, 5.74) is 3.14. The molecule has 2 rings (SSSR count). The van der Waals surface area contributed by atoms with Gasteiger partial charge in [-0.2, -0.15) is 0 Å². The molecule has 0 saturated heterocycles. The van der Waals surface area contributed by atoms with Gasteiger partial charge in [-0.05, 0) is 31.5 Å². The highest BCUT2D eigenvalue weighted by molar-refractivity contribution is 6.76. The number of methoxy groups -OCH3 is 1. The van der Waals surface area contributed by atoms with Gasteiger partial charge in [0.15, 0.2) is 10.8 Å². The van der Waals surface area contributed by atoms with E-state index in [-0.39, 0.29) is 10.8 Å². The molecule has 0 aromatic carbocycles. The van der Waals surface area contributed by atoms with Crippen LogP contribution in [-0.2, 0) is 16.2 Å². The molecule has 0 aliphatic heterocycles. The Morgan fingerprint density at radius 3 is 2.58 bits per heavy atom. The lowest BCUT2D eigenvalue weighted by molar-refractivity contribution is 0.0594. The maximum absolute atomic E-state index is 11.7. The zero-order chi connectivity index (χ0) is 18.1. The molecular weight excluding hydrogens is 344 g/mol. The average Bonchev–Trinajstić information content (AvgIpc) is 2.75. The second kappa shape index (κ2) is 7.25. The average molecular weight is 369 g/mol. The molecule has 0 fully saturated rings. The van der Waals surface area contributed by atoms with E-state index in [0.29, 0.717) is 6.73 Å². The van der Waals surface area contributed by atoms with Crippen LogP contribution in [0.25, 0.3) is 10.9 Å². The Kier molecular flexibility index (Phi) is 5.73.